The molecule has 0 saturated carbocycles. The maximum absolute atomic E-state index is 11.9. The van der Waals surface area contributed by atoms with Crippen LogP contribution in [-0.2, 0) is 4.79 Å². The SMILES string of the molecule is CCCC/C=C(\CCCCCC)C(=O)CCC. The van der Waals surface area contributed by atoms with E-state index in [1.54, 1.807) is 0 Å². The lowest BCUT2D eigenvalue weighted by molar-refractivity contribution is -0.115. The zero-order chi connectivity index (χ0) is 12.9. The molecule has 1 heteroatoms. The van der Waals surface area contributed by atoms with Crippen LogP contribution in [0.15, 0.2) is 11.6 Å². The predicted molar refractivity (Wildman–Crippen MR) is 76.3 cm³/mol. The fraction of sp³-hybridized carbons (Fsp3) is 0.812. The third-order valence-corrected chi connectivity index (χ3v) is 3.08. The molecule has 0 aromatic heterocycles. The Bertz CT molecular complexity index is 216. The summed E-state index contributed by atoms with van der Waals surface area (Å²) in [5, 5.41) is 0. The summed E-state index contributed by atoms with van der Waals surface area (Å²) in [6.45, 7) is 6.50. The normalized spacial score (nSPS) is 11.8. The summed E-state index contributed by atoms with van der Waals surface area (Å²) in [6.07, 6.45) is 13.4. The topological polar surface area (TPSA) is 17.1 Å². The zero-order valence-corrected chi connectivity index (χ0v) is 12.1. The highest BCUT2D eigenvalue weighted by Gasteiger charge is 2.07. The number of hydrogen-bond donors (Lipinski definition) is 0. The zero-order valence-electron chi connectivity index (χ0n) is 12.1. The van der Waals surface area contributed by atoms with E-state index < -0.39 is 0 Å². The van der Waals surface area contributed by atoms with Crippen molar-refractivity contribution in [3.63, 3.8) is 0 Å². The van der Waals surface area contributed by atoms with Crippen LogP contribution in [0.5, 0.6) is 0 Å². The first-order valence-electron chi connectivity index (χ1n) is 7.48. The van der Waals surface area contributed by atoms with Gasteiger partial charge in [-0.1, -0.05) is 59.0 Å². The Morgan fingerprint density at radius 3 is 2.12 bits per heavy atom. The van der Waals surface area contributed by atoms with Gasteiger partial charge in [0, 0.05) is 6.42 Å². The first-order valence-corrected chi connectivity index (χ1v) is 7.48. The summed E-state index contributed by atoms with van der Waals surface area (Å²) in [7, 11) is 0. The molecule has 0 aliphatic rings. The first-order chi connectivity index (χ1) is 8.26. The van der Waals surface area contributed by atoms with Gasteiger partial charge < -0.3 is 0 Å². The summed E-state index contributed by atoms with van der Waals surface area (Å²) in [5.41, 5.74) is 1.11. The van der Waals surface area contributed by atoms with E-state index in [1.165, 1.54) is 38.5 Å². The molecule has 0 saturated heterocycles. The monoisotopic (exact) mass is 238 g/mol. The molecule has 0 unspecified atom stereocenters. The molecule has 0 N–H and O–H groups in total. The molecule has 0 amide bonds. The minimum absolute atomic E-state index is 0.389. The second-order valence-electron chi connectivity index (χ2n) is 4.86. The lowest BCUT2D eigenvalue weighted by Gasteiger charge is -2.06. The third-order valence-electron chi connectivity index (χ3n) is 3.08. The smallest absolute Gasteiger partial charge is 0.158 e. The molecule has 0 spiro atoms. The van der Waals surface area contributed by atoms with Gasteiger partial charge >= 0.3 is 0 Å². The van der Waals surface area contributed by atoms with Crippen LogP contribution in [0.25, 0.3) is 0 Å². The molecule has 0 aliphatic carbocycles. The quantitative estimate of drug-likeness (QED) is 0.346. The van der Waals surface area contributed by atoms with Crippen molar-refractivity contribution in [2.45, 2.75) is 85.0 Å². The van der Waals surface area contributed by atoms with Crippen LogP contribution in [0.1, 0.15) is 85.0 Å². The maximum atomic E-state index is 11.9. The second kappa shape index (κ2) is 11.9. The molecule has 0 fully saturated rings. The second-order valence-corrected chi connectivity index (χ2v) is 4.86. The molecular weight excluding hydrogens is 208 g/mol. The summed E-state index contributed by atoms with van der Waals surface area (Å²) in [6, 6.07) is 0. The fourth-order valence-corrected chi connectivity index (χ4v) is 1.97. The molecule has 100 valence electrons. The van der Waals surface area contributed by atoms with Gasteiger partial charge in [0.2, 0.25) is 0 Å². The molecule has 0 aliphatic heterocycles. The van der Waals surface area contributed by atoms with Crippen molar-refractivity contribution in [3.8, 4) is 0 Å². The predicted octanol–water partition coefficient (Wildman–Crippen LogP) is 5.44. The van der Waals surface area contributed by atoms with Crippen molar-refractivity contribution in [2.24, 2.45) is 0 Å². The largest absolute Gasteiger partial charge is 0.295 e. The number of carbonyl (C=O) groups is 1. The van der Waals surface area contributed by atoms with Crippen molar-refractivity contribution >= 4 is 5.78 Å². The average molecular weight is 238 g/mol. The molecule has 0 bridgehead atoms. The Balaban J connectivity index is 4.10. The molecular formula is C16H30O. The van der Waals surface area contributed by atoms with Gasteiger partial charge in [0.25, 0.3) is 0 Å². The van der Waals surface area contributed by atoms with Crippen LogP contribution < -0.4 is 0 Å². The van der Waals surface area contributed by atoms with Gasteiger partial charge in [-0.15, -0.1) is 0 Å². The van der Waals surface area contributed by atoms with E-state index in [2.05, 4.69) is 26.8 Å². The lowest BCUT2D eigenvalue weighted by atomic mass is 9.98. The van der Waals surface area contributed by atoms with Gasteiger partial charge in [-0.2, -0.15) is 0 Å². The minimum Gasteiger partial charge on any atom is -0.295 e. The van der Waals surface area contributed by atoms with Crippen LogP contribution in [0, 0.1) is 0 Å². The van der Waals surface area contributed by atoms with Gasteiger partial charge in [-0.25, -0.2) is 0 Å². The highest BCUT2D eigenvalue weighted by molar-refractivity contribution is 5.95. The van der Waals surface area contributed by atoms with Crippen LogP contribution in [0.4, 0.5) is 0 Å². The molecule has 0 atom stereocenters. The Labute approximate surface area is 108 Å². The molecule has 0 aromatic carbocycles. The first kappa shape index (κ1) is 16.4. The van der Waals surface area contributed by atoms with E-state index in [0.29, 0.717) is 5.78 Å². The van der Waals surface area contributed by atoms with Gasteiger partial charge in [-0.3, -0.25) is 4.79 Å². The van der Waals surface area contributed by atoms with Crippen LogP contribution in [0.3, 0.4) is 0 Å². The van der Waals surface area contributed by atoms with Crippen molar-refractivity contribution in [3.05, 3.63) is 11.6 Å². The standard InChI is InChI=1S/C16H30O/c1-4-7-9-11-14-15(13-10-8-5-2)16(17)12-6-3/h13H,4-12,14H2,1-3H3/b15-13+. The Kier molecular flexibility index (Phi) is 11.5. The third kappa shape index (κ3) is 9.14. The van der Waals surface area contributed by atoms with Gasteiger partial charge in [-0.05, 0) is 31.3 Å². The maximum Gasteiger partial charge on any atom is 0.158 e. The fourth-order valence-electron chi connectivity index (χ4n) is 1.97. The van der Waals surface area contributed by atoms with Gasteiger partial charge in [0.15, 0.2) is 5.78 Å². The van der Waals surface area contributed by atoms with E-state index in [-0.39, 0.29) is 0 Å². The number of carbonyl (C=O) groups excluding carboxylic acids is 1. The molecule has 0 rings (SSSR count). The number of ketones is 1. The summed E-state index contributed by atoms with van der Waals surface area (Å²) in [5.74, 6) is 0.389. The van der Waals surface area contributed by atoms with Crippen LogP contribution >= 0.6 is 0 Å². The van der Waals surface area contributed by atoms with E-state index in [0.717, 1.165) is 31.3 Å². The van der Waals surface area contributed by atoms with E-state index in [1.807, 2.05) is 0 Å². The summed E-state index contributed by atoms with van der Waals surface area (Å²) >= 11 is 0. The van der Waals surface area contributed by atoms with Gasteiger partial charge in [0.05, 0.1) is 0 Å². The molecule has 17 heavy (non-hydrogen) atoms. The highest BCUT2D eigenvalue weighted by Crippen LogP contribution is 2.15. The lowest BCUT2D eigenvalue weighted by Crippen LogP contribution is -2.02. The van der Waals surface area contributed by atoms with Crippen LogP contribution in [0.2, 0.25) is 0 Å². The Hall–Kier alpha value is -0.590. The number of allylic oxidation sites excluding steroid dienone is 2. The molecule has 0 aromatic rings. The highest BCUT2D eigenvalue weighted by atomic mass is 16.1. The van der Waals surface area contributed by atoms with Crippen molar-refractivity contribution in [2.75, 3.05) is 0 Å². The molecule has 1 nitrogen and oxygen atoms in total. The number of hydrogen-bond acceptors (Lipinski definition) is 1. The number of rotatable bonds is 11. The van der Waals surface area contributed by atoms with E-state index in [9.17, 15) is 4.79 Å². The number of Topliss-reactive ketones (excluding diaryl/α,β-unsaturated/α-hetero) is 1. The van der Waals surface area contributed by atoms with Crippen LogP contribution in [-0.4, -0.2) is 5.78 Å². The summed E-state index contributed by atoms with van der Waals surface area (Å²) in [4.78, 5) is 11.9. The van der Waals surface area contributed by atoms with Gasteiger partial charge in [0.1, 0.15) is 0 Å². The molecule has 0 radical (unpaired) electrons. The number of unbranched alkanes of at least 4 members (excludes halogenated alkanes) is 5. The van der Waals surface area contributed by atoms with E-state index >= 15 is 0 Å². The summed E-state index contributed by atoms with van der Waals surface area (Å²) < 4.78 is 0. The minimum atomic E-state index is 0.389. The van der Waals surface area contributed by atoms with Crippen molar-refractivity contribution in [1.29, 1.82) is 0 Å². The average Bonchev–Trinajstić information content (AvgIpc) is 2.32. The Morgan fingerprint density at radius 1 is 0.824 bits per heavy atom. The van der Waals surface area contributed by atoms with Crippen molar-refractivity contribution < 1.29 is 4.79 Å². The molecule has 0 heterocycles. The Morgan fingerprint density at radius 2 is 1.53 bits per heavy atom. The van der Waals surface area contributed by atoms with E-state index in [4.69, 9.17) is 0 Å². The van der Waals surface area contributed by atoms with Crippen molar-refractivity contribution in [1.82, 2.24) is 0 Å².